The van der Waals surface area contributed by atoms with Crippen LogP contribution in [-0.2, 0) is 0 Å². The fourth-order valence-electron chi connectivity index (χ4n) is 12.3. The van der Waals surface area contributed by atoms with Crippen molar-refractivity contribution in [2.24, 2.45) is 0 Å². The molecule has 0 heteroatoms. The van der Waals surface area contributed by atoms with Crippen LogP contribution in [0.15, 0.2) is 279 Å². The van der Waals surface area contributed by atoms with E-state index in [1.165, 1.54) is 153 Å². The van der Waals surface area contributed by atoms with Crippen LogP contribution >= 0.6 is 0 Å². The van der Waals surface area contributed by atoms with Gasteiger partial charge in [0.1, 0.15) is 0 Å². The van der Waals surface area contributed by atoms with E-state index >= 15 is 0 Å². The van der Waals surface area contributed by atoms with E-state index in [1.54, 1.807) is 0 Å². The first kappa shape index (κ1) is 42.1. The van der Waals surface area contributed by atoms with Gasteiger partial charge in [0.25, 0.3) is 0 Å². The molecule has 0 heterocycles. The summed E-state index contributed by atoms with van der Waals surface area (Å²) in [5.41, 5.74) is 14.6. The fourth-order valence-corrected chi connectivity index (χ4v) is 12.3. The first-order valence-corrected chi connectivity index (χ1v) is 25.7. The van der Waals surface area contributed by atoms with Crippen molar-refractivity contribution in [2.75, 3.05) is 0 Å². The third kappa shape index (κ3) is 6.84. The largest absolute Gasteiger partial charge is 0.0622 e. The number of hydrogen-bond donors (Lipinski definition) is 0. The van der Waals surface area contributed by atoms with Crippen molar-refractivity contribution in [1.29, 1.82) is 0 Å². The van der Waals surface area contributed by atoms with Gasteiger partial charge in [0.05, 0.1) is 0 Å². The van der Waals surface area contributed by atoms with E-state index in [-0.39, 0.29) is 0 Å². The first-order valence-electron chi connectivity index (χ1n) is 25.7. The Kier molecular flexibility index (Phi) is 9.68. The minimum Gasteiger partial charge on any atom is -0.0622 e. The van der Waals surface area contributed by atoms with Gasteiger partial charge >= 0.3 is 0 Å². The molecule has 0 spiro atoms. The van der Waals surface area contributed by atoms with E-state index in [0.717, 1.165) is 0 Å². The van der Waals surface area contributed by atoms with Crippen molar-refractivity contribution < 1.29 is 0 Å². The Morgan fingerprint density at radius 1 is 0.135 bits per heavy atom. The van der Waals surface area contributed by atoms with Crippen molar-refractivity contribution in [1.82, 2.24) is 0 Å². The van der Waals surface area contributed by atoms with E-state index in [9.17, 15) is 0 Å². The summed E-state index contributed by atoms with van der Waals surface area (Å²) in [4.78, 5) is 0. The quantitative estimate of drug-likeness (QED) is 0.115. The van der Waals surface area contributed by atoms with Crippen LogP contribution in [0.3, 0.4) is 0 Å². The molecule has 0 aliphatic rings. The summed E-state index contributed by atoms with van der Waals surface area (Å²) in [6, 6.07) is 104. The summed E-state index contributed by atoms with van der Waals surface area (Å²) in [7, 11) is 0. The van der Waals surface area contributed by atoms with E-state index in [1.807, 2.05) is 0 Å². The summed E-state index contributed by atoms with van der Waals surface area (Å²) in [5.74, 6) is 0. The van der Waals surface area contributed by atoms with Crippen LogP contribution in [0.2, 0.25) is 0 Å². The third-order valence-electron chi connectivity index (χ3n) is 15.7. The second-order valence-corrected chi connectivity index (χ2v) is 19.9. The SMILES string of the molecule is c1ccc(-c2cc3ccccc3cc2-c2ccc3c(c2)c(-c2ccc4ccccc4c2)c(-c2ccc4ccccc4c2)c2cc(-c4c5ccccc5c(-c5ccc6ccccc6c5)c5ccccc45)ccc23)cc1. The maximum atomic E-state index is 2.51. The van der Waals surface area contributed by atoms with Crippen molar-refractivity contribution >= 4 is 86.2 Å². The van der Waals surface area contributed by atoms with Gasteiger partial charge < -0.3 is 0 Å². The van der Waals surface area contributed by atoms with Crippen molar-refractivity contribution in [2.45, 2.75) is 0 Å². The lowest BCUT2D eigenvalue weighted by Gasteiger charge is -2.22. The van der Waals surface area contributed by atoms with Gasteiger partial charge in [-0.2, -0.15) is 0 Å². The molecule has 15 rings (SSSR count). The second-order valence-electron chi connectivity index (χ2n) is 19.9. The summed E-state index contributed by atoms with van der Waals surface area (Å²) in [6.45, 7) is 0. The first-order chi connectivity index (χ1) is 36.7. The molecule has 342 valence electrons. The zero-order valence-corrected chi connectivity index (χ0v) is 40.6. The Labute approximate surface area is 429 Å². The van der Waals surface area contributed by atoms with E-state index < -0.39 is 0 Å². The van der Waals surface area contributed by atoms with Crippen molar-refractivity contribution in [3.63, 3.8) is 0 Å². The Bertz CT molecular complexity index is 4710. The van der Waals surface area contributed by atoms with Gasteiger partial charge in [0.2, 0.25) is 0 Å². The molecule has 0 saturated carbocycles. The molecule has 0 aliphatic carbocycles. The lowest BCUT2D eigenvalue weighted by molar-refractivity contribution is 1.61. The van der Waals surface area contributed by atoms with Gasteiger partial charge in [-0.3, -0.25) is 0 Å². The molecule has 15 aromatic carbocycles. The van der Waals surface area contributed by atoms with Gasteiger partial charge in [-0.15, -0.1) is 0 Å². The molecule has 74 heavy (non-hydrogen) atoms. The van der Waals surface area contributed by atoms with Crippen LogP contribution in [0.5, 0.6) is 0 Å². The molecule has 0 fully saturated rings. The Morgan fingerprint density at radius 3 is 0.865 bits per heavy atom. The van der Waals surface area contributed by atoms with Gasteiger partial charge in [-0.05, 0) is 195 Å². The molecule has 0 N–H and O–H groups in total. The highest BCUT2D eigenvalue weighted by Gasteiger charge is 2.23. The number of benzene rings is 15. The van der Waals surface area contributed by atoms with Gasteiger partial charge in [-0.25, -0.2) is 0 Å². The van der Waals surface area contributed by atoms with Gasteiger partial charge in [0.15, 0.2) is 0 Å². The smallest absolute Gasteiger partial charge is 0.00199 e. The predicted octanol–water partition coefficient (Wildman–Crippen LogP) is 20.9. The van der Waals surface area contributed by atoms with Crippen LogP contribution in [0.25, 0.3) is 153 Å². The number of rotatable bonds is 6. The van der Waals surface area contributed by atoms with Crippen LogP contribution in [0, 0.1) is 0 Å². The molecule has 0 atom stereocenters. The predicted molar refractivity (Wildman–Crippen MR) is 319 cm³/mol. The lowest BCUT2D eigenvalue weighted by Crippen LogP contribution is -1.95. The summed E-state index contributed by atoms with van der Waals surface area (Å²) in [6.07, 6.45) is 0. The molecule has 0 radical (unpaired) electrons. The highest BCUT2D eigenvalue weighted by atomic mass is 14.3. The van der Waals surface area contributed by atoms with Crippen LogP contribution in [-0.4, -0.2) is 0 Å². The minimum absolute atomic E-state index is 1.19. The van der Waals surface area contributed by atoms with E-state index in [2.05, 4.69) is 279 Å². The Balaban J connectivity index is 1.06. The molecule has 0 unspecified atom stereocenters. The van der Waals surface area contributed by atoms with Gasteiger partial charge in [0, 0.05) is 0 Å². The maximum absolute atomic E-state index is 2.51. The molecule has 15 aromatic rings. The molecule has 0 saturated heterocycles. The number of fused-ring (bicyclic) bond motifs is 9. The Morgan fingerprint density at radius 2 is 0.432 bits per heavy atom. The fraction of sp³-hybridized carbons (Fsp3) is 0. The normalized spacial score (nSPS) is 11.8. The summed E-state index contributed by atoms with van der Waals surface area (Å²) in [5, 5.41) is 19.7. The lowest BCUT2D eigenvalue weighted by atomic mass is 9.81. The number of hydrogen-bond acceptors (Lipinski definition) is 0. The second kappa shape index (κ2) is 17.0. The zero-order chi connectivity index (χ0) is 48.7. The summed E-state index contributed by atoms with van der Waals surface area (Å²) >= 11 is 0. The van der Waals surface area contributed by atoms with Crippen LogP contribution < -0.4 is 0 Å². The Hall–Kier alpha value is -9.62. The van der Waals surface area contributed by atoms with E-state index in [4.69, 9.17) is 0 Å². The standard InChI is InChI=1S/C74H46/c1-2-19-50(20-3-1)67-43-54-24-10-11-25-55(54)44-68(67)56-36-38-61-62-39-37-60(72-65-28-14-12-26-63(65)71(64-27-13-15-29-66(64)72)57-33-30-47-16-4-7-21-51(47)40-57)46-70(62)74(59-35-32-49-18-6-9-23-53(49)42-59)73(69(61)45-56)58-34-31-48-17-5-8-22-52(48)41-58/h1-46H. The van der Waals surface area contributed by atoms with Crippen LogP contribution in [0.4, 0.5) is 0 Å². The monoisotopic (exact) mass is 934 g/mol. The summed E-state index contributed by atoms with van der Waals surface area (Å²) < 4.78 is 0. The molecule has 0 nitrogen and oxygen atoms in total. The highest BCUT2D eigenvalue weighted by Crippen LogP contribution is 2.50. The zero-order valence-electron chi connectivity index (χ0n) is 40.6. The molecule has 0 amide bonds. The average molecular weight is 935 g/mol. The molecule has 0 aromatic heterocycles. The third-order valence-corrected chi connectivity index (χ3v) is 15.7. The van der Waals surface area contributed by atoms with E-state index in [0.29, 0.717) is 0 Å². The minimum atomic E-state index is 1.19. The average Bonchev–Trinajstić information content (AvgIpc) is 3.51. The molecule has 0 aliphatic heterocycles. The molecule has 0 bridgehead atoms. The highest BCUT2D eigenvalue weighted by molar-refractivity contribution is 6.26. The maximum Gasteiger partial charge on any atom is -0.00199 e. The van der Waals surface area contributed by atoms with Crippen LogP contribution in [0.1, 0.15) is 0 Å². The topological polar surface area (TPSA) is 0 Å². The molecular weight excluding hydrogens is 889 g/mol. The van der Waals surface area contributed by atoms with Crippen molar-refractivity contribution in [3.8, 4) is 66.8 Å². The van der Waals surface area contributed by atoms with Crippen molar-refractivity contribution in [3.05, 3.63) is 279 Å². The molecular formula is C74H46. The van der Waals surface area contributed by atoms with Gasteiger partial charge in [-0.1, -0.05) is 237 Å².